The molecule has 4 aromatic rings. The third-order valence-corrected chi connectivity index (χ3v) is 5.10. The number of para-hydroxylation sites is 2. The van der Waals surface area contributed by atoms with E-state index in [9.17, 15) is 9.59 Å². The van der Waals surface area contributed by atoms with Gasteiger partial charge >= 0.3 is 5.97 Å². The Labute approximate surface area is 191 Å². The van der Waals surface area contributed by atoms with E-state index in [-0.39, 0.29) is 24.6 Å². The topological polar surface area (TPSA) is 95.3 Å². The van der Waals surface area contributed by atoms with E-state index < -0.39 is 11.9 Å². The third-order valence-electron chi connectivity index (χ3n) is 5.10. The number of nitrogens with one attached hydrogen (secondary N) is 1. The van der Waals surface area contributed by atoms with Crippen molar-refractivity contribution in [1.82, 2.24) is 14.8 Å². The number of aryl methyl sites for hydroxylation is 2. The average Bonchev–Trinajstić information content (AvgIpc) is 3.22. The summed E-state index contributed by atoms with van der Waals surface area (Å²) in [5.41, 5.74) is 2.82. The molecule has 2 heterocycles. The van der Waals surface area contributed by atoms with Crippen LogP contribution in [0.25, 0.3) is 16.7 Å². The Morgan fingerprint density at radius 2 is 1.79 bits per heavy atom. The molecular weight excluding hydrogens is 420 g/mol. The molecule has 0 unspecified atom stereocenters. The molecule has 0 radical (unpaired) electrons. The van der Waals surface area contributed by atoms with Crippen molar-refractivity contribution in [2.75, 3.05) is 18.5 Å². The highest BCUT2D eigenvalue weighted by Crippen LogP contribution is 2.24. The monoisotopic (exact) mass is 444 g/mol. The highest BCUT2D eigenvalue weighted by molar-refractivity contribution is 6.01. The fourth-order valence-corrected chi connectivity index (χ4v) is 3.47. The number of hydrogen-bond acceptors (Lipinski definition) is 6. The Morgan fingerprint density at radius 1 is 1.03 bits per heavy atom. The van der Waals surface area contributed by atoms with Crippen molar-refractivity contribution in [3.8, 4) is 11.6 Å². The zero-order valence-electron chi connectivity index (χ0n) is 18.7. The molecule has 0 saturated heterocycles. The number of esters is 1. The Bertz CT molecular complexity index is 1330. The molecule has 1 N–H and O–H groups in total. The first-order valence-corrected chi connectivity index (χ1v) is 10.6. The average molecular weight is 444 g/mol. The van der Waals surface area contributed by atoms with Gasteiger partial charge in [0.15, 0.2) is 18.2 Å². The Hall–Kier alpha value is -4.20. The standard InChI is InChI=1S/C25H24N4O4/c1-4-32-25(31)19-14-26-29(22-13-17(3)18-10-6-7-11-20(18)27-22)24(19)28-23(30)15-33-21-12-8-5-9-16(21)2/h5-14H,4,15H2,1-3H3,(H,28,30). The summed E-state index contributed by atoms with van der Waals surface area (Å²) in [6.45, 7) is 5.54. The van der Waals surface area contributed by atoms with Crippen molar-refractivity contribution < 1.29 is 19.1 Å². The fraction of sp³-hybridized carbons (Fsp3) is 0.200. The SMILES string of the molecule is CCOC(=O)c1cnn(-c2cc(C)c3ccccc3n2)c1NC(=O)COc1ccccc1C. The van der Waals surface area contributed by atoms with E-state index >= 15 is 0 Å². The molecule has 0 aliphatic heterocycles. The largest absolute Gasteiger partial charge is 0.483 e. The summed E-state index contributed by atoms with van der Waals surface area (Å²) in [5.74, 6) is 0.226. The summed E-state index contributed by atoms with van der Waals surface area (Å²) < 4.78 is 12.2. The molecule has 0 fully saturated rings. The predicted molar refractivity (Wildman–Crippen MR) is 125 cm³/mol. The second-order valence-electron chi connectivity index (χ2n) is 7.46. The number of hydrogen-bond donors (Lipinski definition) is 1. The maximum Gasteiger partial charge on any atom is 0.343 e. The Morgan fingerprint density at radius 3 is 2.58 bits per heavy atom. The van der Waals surface area contributed by atoms with Crippen LogP contribution in [-0.4, -0.2) is 39.9 Å². The number of benzene rings is 2. The summed E-state index contributed by atoms with van der Waals surface area (Å²) >= 11 is 0. The van der Waals surface area contributed by atoms with E-state index in [4.69, 9.17) is 9.47 Å². The van der Waals surface area contributed by atoms with Crippen LogP contribution in [0.4, 0.5) is 5.82 Å². The molecule has 1 amide bonds. The summed E-state index contributed by atoms with van der Waals surface area (Å²) in [6, 6.07) is 17.0. The summed E-state index contributed by atoms with van der Waals surface area (Å²) in [6.07, 6.45) is 1.36. The first kappa shape index (κ1) is 22.0. The van der Waals surface area contributed by atoms with E-state index in [1.54, 1.807) is 13.0 Å². The summed E-state index contributed by atoms with van der Waals surface area (Å²) in [4.78, 5) is 29.9. The summed E-state index contributed by atoms with van der Waals surface area (Å²) in [5, 5.41) is 8.08. The molecule has 0 aliphatic rings. The van der Waals surface area contributed by atoms with Crippen molar-refractivity contribution in [1.29, 1.82) is 0 Å². The minimum atomic E-state index is -0.587. The van der Waals surface area contributed by atoms with E-state index in [1.807, 2.05) is 62.4 Å². The van der Waals surface area contributed by atoms with Gasteiger partial charge in [-0.2, -0.15) is 9.78 Å². The minimum absolute atomic E-state index is 0.133. The second kappa shape index (κ2) is 9.52. The van der Waals surface area contributed by atoms with Crippen molar-refractivity contribution >= 4 is 28.6 Å². The zero-order valence-corrected chi connectivity index (χ0v) is 18.7. The van der Waals surface area contributed by atoms with Crippen LogP contribution in [0.2, 0.25) is 0 Å². The van der Waals surface area contributed by atoms with Crippen LogP contribution in [0.5, 0.6) is 5.75 Å². The molecule has 4 rings (SSSR count). The van der Waals surface area contributed by atoms with Crippen LogP contribution in [0.15, 0.2) is 60.8 Å². The lowest BCUT2D eigenvalue weighted by molar-refractivity contribution is -0.118. The van der Waals surface area contributed by atoms with Crippen molar-refractivity contribution in [3.05, 3.63) is 77.5 Å². The zero-order chi connectivity index (χ0) is 23.4. The van der Waals surface area contributed by atoms with Gasteiger partial charge in [0.25, 0.3) is 5.91 Å². The van der Waals surface area contributed by atoms with Gasteiger partial charge in [-0.25, -0.2) is 9.78 Å². The fourth-order valence-electron chi connectivity index (χ4n) is 3.47. The van der Waals surface area contributed by atoms with Gasteiger partial charge in [0.05, 0.1) is 18.3 Å². The number of carbonyl (C=O) groups excluding carboxylic acids is 2. The number of aromatic nitrogens is 3. The maximum absolute atomic E-state index is 12.7. The maximum atomic E-state index is 12.7. The lowest BCUT2D eigenvalue weighted by Crippen LogP contribution is -2.24. The van der Waals surface area contributed by atoms with Crippen LogP contribution in [0.3, 0.4) is 0 Å². The molecule has 8 nitrogen and oxygen atoms in total. The predicted octanol–water partition coefficient (Wildman–Crippen LogP) is 4.23. The molecule has 168 valence electrons. The second-order valence-corrected chi connectivity index (χ2v) is 7.46. The van der Waals surface area contributed by atoms with Crippen molar-refractivity contribution in [2.24, 2.45) is 0 Å². The van der Waals surface area contributed by atoms with E-state index in [1.165, 1.54) is 10.9 Å². The number of rotatable bonds is 7. The van der Waals surface area contributed by atoms with Gasteiger partial charge in [-0.1, -0.05) is 36.4 Å². The first-order chi connectivity index (χ1) is 16.0. The smallest absolute Gasteiger partial charge is 0.343 e. The molecule has 0 saturated carbocycles. The normalized spacial score (nSPS) is 10.8. The van der Waals surface area contributed by atoms with Crippen LogP contribution >= 0.6 is 0 Å². The third kappa shape index (κ3) is 4.69. The molecular formula is C25H24N4O4. The van der Waals surface area contributed by atoms with Crippen molar-refractivity contribution in [3.63, 3.8) is 0 Å². The van der Waals surface area contributed by atoms with Crippen LogP contribution in [-0.2, 0) is 9.53 Å². The van der Waals surface area contributed by atoms with Gasteiger partial charge in [0, 0.05) is 5.39 Å². The van der Waals surface area contributed by atoms with E-state index in [0.29, 0.717) is 11.6 Å². The summed E-state index contributed by atoms with van der Waals surface area (Å²) in [7, 11) is 0. The van der Waals surface area contributed by atoms with E-state index in [0.717, 1.165) is 22.0 Å². The molecule has 8 heteroatoms. The Balaban J connectivity index is 1.67. The number of amides is 1. The van der Waals surface area contributed by atoms with Crippen LogP contribution < -0.4 is 10.1 Å². The first-order valence-electron chi connectivity index (χ1n) is 10.6. The molecule has 33 heavy (non-hydrogen) atoms. The highest BCUT2D eigenvalue weighted by atomic mass is 16.5. The molecule has 0 atom stereocenters. The number of ether oxygens (including phenoxy) is 2. The van der Waals surface area contributed by atoms with Crippen LogP contribution in [0, 0.1) is 13.8 Å². The number of carbonyl (C=O) groups is 2. The van der Waals surface area contributed by atoms with Gasteiger partial charge in [-0.3, -0.25) is 4.79 Å². The highest BCUT2D eigenvalue weighted by Gasteiger charge is 2.23. The number of anilines is 1. The van der Waals surface area contributed by atoms with Gasteiger partial charge in [0.2, 0.25) is 0 Å². The molecule has 0 aliphatic carbocycles. The number of nitrogens with zero attached hydrogens (tertiary/aromatic N) is 3. The van der Waals surface area contributed by atoms with Gasteiger partial charge < -0.3 is 14.8 Å². The molecule has 0 spiro atoms. The molecule has 2 aromatic heterocycles. The van der Waals surface area contributed by atoms with Gasteiger partial charge in [-0.05, 0) is 50.1 Å². The molecule has 0 bridgehead atoms. The Kier molecular flexibility index (Phi) is 6.35. The quantitative estimate of drug-likeness (QED) is 0.429. The van der Waals surface area contributed by atoms with Gasteiger partial charge in [-0.15, -0.1) is 0 Å². The van der Waals surface area contributed by atoms with Crippen molar-refractivity contribution in [2.45, 2.75) is 20.8 Å². The van der Waals surface area contributed by atoms with Gasteiger partial charge in [0.1, 0.15) is 11.3 Å². The molecule has 2 aromatic carbocycles. The van der Waals surface area contributed by atoms with Crippen LogP contribution in [0.1, 0.15) is 28.4 Å². The lowest BCUT2D eigenvalue weighted by atomic mass is 10.1. The minimum Gasteiger partial charge on any atom is -0.483 e. The number of pyridine rings is 1. The lowest BCUT2D eigenvalue weighted by Gasteiger charge is -2.13. The van der Waals surface area contributed by atoms with E-state index in [2.05, 4.69) is 15.4 Å². The number of fused-ring (bicyclic) bond motifs is 1.